The van der Waals surface area contributed by atoms with Crippen molar-refractivity contribution < 1.29 is 33.1 Å². The Labute approximate surface area is 202 Å². The molecule has 0 aliphatic carbocycles. The number of nitrogens with one attached hydrogen (secondary N) is 2. The van der Waals surface area contributed by atoms with Gasteiger partial charge in [0.15, 0.2) is 9.92 Å². The van der Waals surface area contributed by atoms with Crippen LogP contribution in [0.4, 0.5) is 9.18 Å². The number of ether oxygens (including phenoxy) is 1. The van der Waals surface area contributed by atoms with E-state index in [1.54, 1.807) is 4.72 Å². The highest BCUT2D eigenvalue weighted by molar-refractivity contribution is 8.19. The van der Waals surface area contributed by atoms with Crippen LogP contribution in [0, 0.1) is 10.6 Å². The maximum atomic E-state index is 14.4. The highest BCUT2D eigenvalue weighted by atomic mass is 32.3. The van der Waals surface area contributed by atoms with Gasteiger partial charge in [-0.25, -0.2) is 22.9 Å². The summed E-state index contributed by atoms with van der Waals surface area (Å²) in [5.41, 5.74) is 1.15. The normalized spacial score (nSPS) is 20.2. The van der Waals surface area contributed by atoms with Gasteiger partial charge in [-0.1, -0.05) is 31.7 Å². The summed E-state index contributed by atoms with van der Waals surface area (Å²) in [5, 5.41) is 18.6. The lowest BCUT2D eigenvalue weighted by Crippen LogP contribution is -2.46. The van der Waals surface area contributed by atoms with Crippen LogP contribution in [0.25, 0.3) is 5.57 Å². The van der Waals surface area contributed by atoms with E-state index in [0.29, 0.717) is 29.9 Å². The van der Waals surface area contributed by atoms with Crippen LogP contribution in [0.2, 0.25) is 0 Å². The van der Waals surface area contributed by atoms with Gasteiger partial charge in [-0.2, -0.15) is 0 Å². The molecule has 0 aromatic heterocycles. The monoisotopic (exact) mass is 513 g/mol. The number of hydrogen-bond donors (Lipinski definition) is 4. The highest BCUT2D eigenvalue weighted by Crippen LogP contribution is 2.42. The summed E-state index contributed by atoms with van der Waals surface area (Å²) in [6, 6.07) is 2.77. The predicted molar refractivity (Wildman–Crippen MR) is 128 cm³/mol. The Kier molecular flexibility index (Phi) is 7.46. The molecule has 2 atom stereocenters. The third-order valence-electron chi connectivity index (χ3n) is 5.38. The summed E-state index contributed by atoms with van der Waals surface area (Å²) in [6.45, 7) is 7.38. The first kappa shape index (κ1) is 26.2. The third kappa shape index (κ3) is 5.62. The highest BCUT2D eigenvalue weighted by Gasteiger charge is 2.43. The lowest BCUT2D eigenvalue weighted by molar-refractivity contribution is -0.131. The Morgan fingerprint density at radius 2 is 2.09 bits per heavy atom. The van der Waals surface area contributed by atoms with Gasteiger partial charge >= 0.3 is 6.09 Å². The minimum absolute atomic E-state index is 0.0870. The van der Waals surface area contributed by atoms with Crippen molar-refractivity contribution in [1.29, 1.82) is 4.78 Å². The molecule has 0 radical (unpaired) electrons. The smallest absolute Gasteiger partial charge is 0.417 e. The molecule has 2 amide bonds. The molecule has 2 aliphatic rings. The summed E-state index contributed by atoms with van der Waals surface area (Å²) < 4.78 is 41.8. The number of hydrogen-bond acceptors (Lipinski definition) is 7. The van der Waals surface area contributed by atoms with Gasteiger partial charge in [-0.05, 0) is 54.2 Å². The Bertz CT molecular complexity index is 1170. The Morgan fingerprint density at radius 1 is 1.41 bits per heavy atom. The number of rotatable bonds is 7. The SMILES string of the molecule is CC(C)c1cc(F)cc(C2=CCOC2)c1CC(=O)N1C=C(S(=N)(=O)NC(=O)O)SC1C(C)(C)O. The van der Waals surface area contributed by atoms with Crippen LogP contribution < -0.4 is 4.72 Å². The molecule has 1 aromatic carbocycles. The number of carboxylic acid groups (broad SMARTS) is 1. The molecule has 2 unspecified atom stereocenters. The van der Waals surface area contributed by atoms with E-state index >= 15 is 0 Å². The summed E-state index contributed by atoms with van der Waals surface area (Å²) in [5.74, 6) is -0.991. The second kappa shape index (κ2) is 9.68. The van der Waals surface area contributed by atoms with Crippen LogP contribution in [0.5, 0.6) is 0 Å². The molecule has 12 heteroatoms. The molecule has 0 fully saturated rings. The number of carbonyl (C=O) groups is 2. The van der Waals surface area contributed by atoms with Crippen molar-refractivity contribution >= 4 is 39.3 Å². The zero-order chi connectivity index (χ0) is 25.4. The van der Waals surface area contributed by atoms with Gasteiger partial charge in [0.25, 0.3) is 0 Å². The lowest BCUT2D eigenvalue weighted by atomic mass is 9.88. The number of aliphatic hydroxyl groups is 1. The molecule has 1 aromatic rings. The summed E-state index contributed by atoms with van der Waals surface area (Å²) in [4.78, 5) is 25.7. The van der Waals surface area contributed by atoms with Crippen molar-refractivity contribution in [3.63, 3.8) is 0 Å². The second-order valence-electron chi connectivity index (χ2n) is 8.93. The van der Waals surface area contributed by atoms with Crippen LogP contribution in [0.3, 0.4) is 0 Å². The molecule has 34 heavy (non-hydrogen) atoms. The summed E-state index contributed by atoms with van der Waals surface area (Å²) >= 11 is 0.792. The summed E-state index contributed by atoms with van der Waals surface area (Å²) in [7, 11) is -3.95. The fourth-order valence-corrected chi connectivity index (χ4v) is 6.38. The molecule has 2 aliphatic heterocycles. The average molecular weight is 514 g/mol. The van der Waals surface area contributed by atoms with Crippen molar-refractivity contribution in [1.82, 2.24) is 9.62 Å². The minimum atomic E-state index is -3.95. The zero-order valence-electron chi connectivity index (χ0n) is 19.3. The van der Waals surface area contributed by atoms with E-state index in [4.69, 9.17) is 14.6 Å². The average Bonchev–Trinajstić information content (AvgIpc) is 3.37. The van der Waals surface area contributed by atoms with Crippen molar-refractivity contribution in [3.8, 4) is 0 Å². The number of benzene rings is 1. The molecule has 2 heterocycles. The van der Waals surface area contributed by atoms with E-state index in [1.807, 2.05) is 19.9 Å². The maximum absolute atomic E-state index is 14.4. The number of amides is 2. The van der Waals surface area contributed by atoms with Crippen LogP contribution in [0.1, 0.15) is 50.3 Å². The largest absolute Gasteiger partial charge is 0.464 e. The van der Waals surface area contributed by atoms with E-state index in [-0.39, 0.29) is 16.6 Å². The molecule has 186 valence electrons. The van der Waals surface area contributed by atoms with E-state index < -0.39 is 38.7 Å². The van der Waals surface area contributed by atoms with Gasteiger partial charge in [-0.3, -0.25) is 4.79 Å². The quantitative estimate of drug-likeness (QED) is 0.437. The van der Waals surface area contributed by atoms with E-state index in [2.05, 4.69) is 0 Å². The molecule has 3 rings (SSSR count). The fraction of sp³-hybridized carbons (Fsp3) is 0.455. The molecule has 9 nitrogen and oxygen atoms in total. The number of halogens is 1. The van der Waals surface area contributed by atoms with Crippen molar-refractivity contribution in [2.45, 2.75) is 51.0 Å². The van der Waals surface area contributed by atoms with Crippen molar-refractivity contribution in [2.24, 2.45) is 0 Å². The third-order valence-corrected chi connectivity index (χ3v) is 8.87. The molecule has 0 saturated heterocycles. The van der Waals surface area contributed by atoms with Gasteiger partial charge in [0.1, 0.15) is 15.4 Å². The second-order valence-corrected chi connectivity index (χ2v) is 12.1. The predicted octanol–water partition coefficient (Wildman–Crippen LogP) is 3.61. The molecular formula is C22H28FN3O6S2. The van der Waals surface area contributed by atoms with Crippen LogP contribution in [-0.2, 0) is 25.9 Å². The Balaban J connectivity index is 2.04. The molecule has 0 bridgehead atoms. The van der Waals surface area contributed by atoms with Gasteiger partial charge in [0, 0.05) is 6.20 Å². The zero-order valence-corrected chi connectivity index (χ0v) is 20.9. The summed E-state index contributed by atoms with van der Waals surface area (Å²) in [6.07, 6.45) is 1.19. The number of nitrogens with zero attached hydrogens (tertiary/aromatic N) is 1. The fourth-order valence-electron chi connectivity index (χ4n) is 3.86. The van der Waals surface area contributed by atoms with Crippen LogP contribution in [-0.4, -0.2) is 55.5 Å². The minimum Gasteiger partial charge on any atom is -0.464 e. The molecule has 4 N–H and O–H groups in total. The first-order chi connectivity index (χ1) is 15.7. The molecule has 0 spiro atoms. The van der Waals surface area contributed by atoms with E-state index in [9.17, 15) is 23.3 Å². The van der Waals surface area contributed by atoms with Crippen molar-refractivity contribution in [2.75, 3.05) is 13.2 Å². The number of thioether (sulfide) groups is 1. The van der Waals surface area contributed by atoms with Crippen LogP contribution >= 0.6 is 11.8 Å². The topological polar surface area (TPSA) is 140 Å². The van der Waals surface area contributed by atoms with E-state index in [0.717, 1.165) is 23.5 Å². The van der Waals surface area contributed by atoms with Gasteiger partial charge in [0.05, 0.1) is 25.2 Å². The lowest BCUT2D eigenvalue weighted by Gasteiger charge is -2.32. The standard InChI is InChI=1S/C22H28FN3O6S2/c1-12(2)15-7-14(23)8-16(13-5-6-32-11-13)17(15)9-18(27)26-10-19(33-20(26)22(3,4)30)34(24,31)25-21(28)29/h5,7-8,10,12,20,30H,6,9,11H2,1-4H3,(H,28,29)(H2,24,25,31). The first-order valence-corrected chi connectivity index (χ1v) is 13.0. The van der Waals surface area contributed by atoms with Gasteiger partial charge in [-0.15, -0.1) is 0 Å². The van der Waals surface area contributed by atoms with E-state index in [1.165, 1.54) is 30.9 Å². The van der Waals surface area contributed by atoms with Crippen LogP contribution in [0.15, 0.2) is 28.6 Å². The first-order valence-electron chi connectivity index (χ1n) is 10.5. The van der Waals surface area contributed by atoms with Gasteiger partial charge < -0.3 is 19.8 Å². The van der Waals surface area contributed by atoms with Crippen molar-refractivity contribution in [3.05, 3.63) is 51.2 Å². The molecular weight excluding hydrogens is 485 g/mol. The molecule has 0 saturated carbocycles. The maximum Gasteiger partial charge on any atom is 0.417 e. The Morgan fingerprint density at radius 3 is 2.62 bits per heavy atom. The van der Waals surface area contributed by atoms with Gasteiger partial charge in [0.2, 0.25) is 5.91 Å². The number of carbonyl (C=O) groups excluding carboxylic acids is 1. The Hall–Kier alpha value is -2.41.